The molecule has 0 aromatic heterocycles. The fraction of sp³-hybridized carbons (Fsp3) is 0.957. The Kier molecular flexibility index (Phi) is 3.98. The second kappa shape index (κ2) is 6.02. The average molecular weight is 409 g/mol. The van der Waals surface area contributed by atoms with Gasteiger partial charge in [0.05, 0.1) is 26.4 Å². The number of alkyl halides is 1. The summed E-state index contributed by atoms with van der Waals surface area (Å²) in [4.78, 5) is 13.4. The number of ether oxygens (including phenoxy) is 4. The van der Waals surface area contributed by atoms with E-state index in [1.54, 1.807) is 0 Å². The van der Waals surface area contributed by atoms with Crippen LogP contribution < -0.4 is 0 Å². The van der Waals surface area contributed by atoms with Crippen molar-refractivity contribution in [2.24, 2.45) is 34.5 Å². The minimum absolute atomic E-state index is 0.00419. The van der Waals surface area contributed by atoms with Gasteiger partial charge in [0, 0.05) is 30.6 Å². The molecule has 4 unspecified atom stereocenters. The number of carbonyl (C=O) groups excluding carboxylic acids is 1. The Morgan fingerprint density at radius 2 is 1.62 bits per heavy atom. The Labute approximate surface area is 172 Å². The quantitative estimate of drug-likeness (QED) is 0.613. The summed E-state index contributed by atoms with van der Waals surface area (Å²) in [6.45, 7) is 6.67. The number of ketones is 1. The van der Waals surface area contributed by atoms with E-state index in [-0.39, 0.29) is 28.6 Å². The van der Waals surface area contributed by atoms with Gasteiger partial charge in [-0.1, -0.05) is 13.8 Å². The molecule has 0 aromatic rings. The number of hydrogen-bond donors (Lipinski definition) is 0. The average Bonchev–Trinajstić information content (AvgIpc) is 3.41. The zero-order valence-corrected chi connectivity index (χ0v) is 17.6. The van der Waals surface area contributed by atoms with Gasteiger partial charge in [-0.2, -0.15) is 0 Å². The van der Waals surface area contributed by atoms with E-state index in [4.69, 9.17) is 18.9 Å². The molecule has 2 aliphatic heterocycles. The predicted octanol–water partition coefficient (Wildman–Crippen LogP) is 3.64. The Hall–Kier alpha value is -0.560. The highest BCUT2D eigenvalue weighted by Gasteiger charge is 2.72. The molecule has 6 aliphatic rings. The molecule has 162 valence electrons. The Morgan fingerprint density at radius 3 is 2.34 bits per heavy atom. The molecule has 6 fully saturated rings. The summed E-state index contributed by atoms with van der Waals surface area (Å²) in [5.41, 5.74) is -0.387. The van der Waals surface area contributed by atoms with Gasteiger partial charge in [-0.3, -0.25) is 4.79 Å². The van der Waals surface area contributed by atoms with Crippen LogP contribution in [0.5, 0.6) is 0 Å². The lowest BCUT2D eigenvalue weighted by Gasteiger charge is -2.61. The summed E-state index contributed by atoms with van der Waals surface area (Å²) in [7, 11) is 0. The minimum Gasteiger partial charge on any atom is -0.348 e. The summed E-state index contributed by atoms with van der Waals surface area (Å²) < 4.78 is 39.2. The molecule has 6 heteroatoms. The van der Waals surface area contributed by atoms with Crippen molar-refractivity contribution < 1.29 is 28.1 Å². The summed E-state index contributed by atoms with van der Waals surface area (Å²) in [6, 6.07) is 0. The van der Waals surface area contributed by atoms with Crippen LogP contribution in [-0.2, 0) is 23.7 Å². The van der Waals surface area contributed by atoms with Crippen molar-refractivity contribution in [1.29, 1.82) is 0 Å². The summed E-state index contributed by atoms with van der Waals surface area (Å²) in [6.07, 6.45) is 4.35. The van der Waals surface area contributed by atoms with E-state index in [0.717, 1.165) is 25.7 Å². The highest BCUT2D eigenvalue weighted by Crippen LogP contribution is 2.70. The molecule has 0 amide bonds. The summed E-state index contributed by atoms with van der Waals surface area (Å²) in [5, 5.41) is 0. The van der Waals surface area contributed by atoms with Crippen molar-refractivity contribution in [3.63, 3.8) is 0 Å². The SMILES string of the molecule is C[C@]12CCC3(CC1C(=O)CC1C2CC[C@@]2(C)C1C[C@@H](F)C21OCCO1)OCCO3. The number of Topliss-reactive ketones (excluding diaryl/α,β-unsaturated/α-hetero) is 1. The molecule has 0 aromatic carbocycles. The first kappa shape index (κ1) is 19.1. The summed E-state index contributed by atoms with van der Waals surface area (Å²) in [5.74, 6) is -0.477. The van der Waals surface area contributed by atoms with Gasteiger partial charge >= 0.3 is 0 Å². The lowest BCUT2D eigenvalue weighted by molar-refractivity contribution is -0.269. The molecule has 2 spiro atoms. The lowest BCUT2D eigenvalue weighted by Crippen LogP contribution is -2.61. The van der Waals surface area contributed by atoms with Crippen LogP contribution in [-0.4, -0.2) is 50.0 Å². The Morgan fingerprint density at radius 1 is 0.931 bits per heavy atom. The molecule has 6 rings (SSSR count). The van der Waals surface area contributed by atoms with Crippen LogP contribution in [0.4, 0.5) is 4.39 Å². The van der Waals surface area contributed by atoms with Gasteiger partial charge in [0.15, 0.2) is 12.0 Å². The molecule has 2 heterocycles. The van der Waals surface area contributed by atoms with Crippen LogP contribution in [0.2, 0.25) is 0 Å². The van der Waals surface area contributed by atoms with Crippen LogP contribution in [0.25, 0.3) is 0 Å². The summed E-state index contributed by atoms with van der Waals surface area (Å²) >= 11 is 0. The van der Waals surface area contributed by atoms with Crippen molar-refractivity contribution in [3.8, 4) is 0 Å². The molecule has 5 nitrogen and oxygen atoms in total. The Bertz CT molecular complexity index is 714. The van der Waals surface area contributed by atoms with E-state index < -0.39 is 17.7 Å². The van der Waals surface area contributed by atoms with E-state index in [1.807, 2.05) is 0 Å². The number of halogens is 1. The third kappa shape index (κ3) is 2.27. The van der Waals surface area contributed by atoms with Crippen LogP contribution in [0.1, 0.15) is 58.8 Å². The minimum atomic E-state index is -1.10. The lowest BCUT2D eigenvalue weighted by atomic mass is 9.44. The first-order valence-corrected chi connectivity index (χ1v) is 11.6. The van der Waals surface area contributed by atoms with Crippen molar-refractivity contribution in [3.05, 3.63) is 0 Å². The van der Waals surface area contributed by atoms with Crippen molar-refractivity contribution >= 4 is 5.78 Å². The smallest absolute Gasteiger partial charge is 0.205 e. The van der Waals surface area contributed by atoms with E-state index in [1.165, 1.54) is 0 Å². The zero-order valence-electron chi connectivity index (χ0n) is 17.6. The topological polar surface area (TPSA) is 54.0 Å². The fourth-order valence-electron chi connectivity index (χ4n) is 8.59. The monoisotopic (exact) mass is 408 g/mol. The van der Waals surface area contributed by atoms with Gasteiger partial charge in [-0.25, -0.2) is 4.39 Å². The largest absolute Gasteiger partial charge is 0.348 e. The molecular formula is C23H33FO5. The maximum Gasteiger partial charge on any atom is 0.205 e. The van der Waals surface area contributed by atoms with Gasteiger partial charge in [-0.05, 0) is 48.9 Å². The van der Waals surface area contributed by atoms with E-state index in [2.05, 4.69) is 13.8 Å². The highest BCUT2D eigenvalue weighted by molar-refractivity contribution is 5.83. The molecule has 0 bridgehead atoms. The van der Waals surface area contributed by atoms with E-state index in [0.29, 0.717) is 57.4 Å². The fourth-order valence-corrected chi connectivity index (χ4v) is 8.59. The first-order chi connectivity index (χ1) is 13.8. The van der Waals surface area contributed by atoms with Gasteiger partial charge in [0.1, 0.15) is 5.78 Å². The maximum absolute atomic E-state index is 15.3. The van der Waals surface area contributed by atoms with Crippen LogP contribution in [0.15, 0.2) is 0 Å². The van der Waals surface area contributed by atoms with Crippen LogP contribution in [0.3, 0.4) is 0 Å². The normalized spacial score (nSPS) is 52.5. The number of hydrogen-bond acceptors (Lipinski definition) is 5. The van der Waals surface area contributed by atoms with E-state index in [9.17, 15) is 4.79 Å². The number of rotatable bonds is 0. The molecule has 4 aliphatic carbocycles. The molecule has 4 saturated carbocycles. The highest BCUT2D eigenvalue weighted by atomic mass is 19.1. The molecule has 29 heavy (non-hydrogen) atoms. The molecule has 2 saturated heterocycles. The zero-order chi connectivity index (χ0) is 20.1. The van der Waals surface area contributed by atoms with Crippen molar-refractivity contribution in [1.82, 2.24) is 0 Å². The molecule has 0 N–H and O–H groups in total. The van der Waals surface area contributed by atoms with Gasteiger partial charge in [0.2, 0.25) is 5.79 Å². The standard InChI is InChI=1S/C23H33FO5/c1-20-5-6-22(26-7-8-27-22)13-17(20)18(25)11-14-15(20)3-4-21(2)16(14)12-19(24)23(21)28-9-10-29-23/h14-17,19H,3-13H2,1-2H3/t14?,15?,16?,17?,19-,20-,21+/m1/s1. The molecule has 7 atom stereocenters. The third-order valence-corrected chi connectivity index (χ3v) is 10.1. The predicted molar refractivity (Wildman–Crippen MR) is 102 cm³/mol. The third-order valence-electron chi connectivity index (χ3n) is 10.1. The molecule has 0 radical (unpaired) electrons. The second-order valence-electron chi connectivity index (χ2n) is 10.9. The van der Waals surface area contributed by atoms with Crippen LogP contribution in [0, 0.1) is 34.5 Å². The van der Waals surface area contributed by atoms with Gasteiger partial charge < -0.3 is 18.9 Å². The number of carbonyl (C=O) groups is 1. The van der Waals surface area contributed by atoms with Gasteiger partial charge in [-0.15, -0.1) is 0 Å². The molecular weight excluding hydrogens is 375 g/mol. The number of fused-ring (bicyclic) bond motifs is 6. The second-order valence-corrected chi connectivity index (χ2v) is 10.9. The van der Waals surface area contributed by atoms with Gasteiger partial charge in [0.25, 0.3) is 0 Å². The van der Waals surface area contributed by atoms with E-state index >= 15 is 4.39 Å². The first-order valence-electron chi connectivity index (χ1n) is 11.6. The van der Waals surface area contributed by atoms with Crippen molar-refractivity contribution in [2.45, 2.75) is 76.5 Å². The van der Waals surface area contributed by atoms with Crippen molar-refractivity contribution in [2.75, 3.05) is 26.4 Å². The maximum atomic E-state index is 15.3. The van der Waals surface area contributed by atoms with Crippen LogP contribution >= 0.6 is 0 Å². The Balaban J connectivity index is 1.33.